The average molecular weight is 340 g/mol. The van der Waals surface area contributed by atoms with Gasteiger partial charge in [0, 0.05) is 5.56 Å². The summed E-state index contributed by atoms with van der Waals surface area (Å²) in [5.41, 5.74) is 2.91. The van der Waals surface area contributed by atoms with Crippen molar-refractivity contribution in [2.24, 2.45) is 0 Å². The number of rotatable bonds is 7. The highest BCUT2D eigenvalue weighted by Gasteiger charge is 2.33. The zero-order chi connectivity index (χ0) is 18.2. The Morgan fingerprint density at radius 1 is 1.20 bits per heavy atom. The normalized spacial score (nSPS) is 12.7. The summed E-state index contributed by atoms with van der Waals surface area (Å²) in [6.45, 7) is 7.05. The van der Waals surface area contributed by atoms with Gasteiger partial charge in [0.05, 0.1) is 12.4 Å². The van der Waals surface area contributed by atoms with E-state index >= 15 is 0 Å². The van der Waals surface area contributed by atoms with Crippen LogP contribution in [0.25, 0.3) is 0 Å². The topological polar surface area (TPSA) is 82.8 Å². The van der Waals surface area contributed by atoms with Gasteiger partial charge < -0.3 is 9.52 Å². The van der Waals surface area contributed by atoms with Crippen molar-refractivity contribution in [3.8, 4) is 0 Å². The molecule has 1 aromatic carbocycles. The van der Waals surface area contributed by atoms with E-state index in [0.717, 1.165) is 11.1 Å². The maximum atomic E-state index is 12.5. The number of hydrazine groups is 1. The molecule has 2 amide bonds. The lowest BCUT2D eigenvalue weighted by molar-refractivity contribution is -0.135. The van der Waals surface area contributed by atoms with E-state index in [1.54, 1.807) is 42.5 Å². The minimum Gasteiger partial charge on any atom is -0.467 e. The summed E-state index contributed by atoms with van der Waals surface area (Å²) in [6, 6.07) is 10.8. The quantitative estimate of drug-likeness (QED) is 0.461. The van der Waals surface area contributed by atoms with Crippen molar-refractivity contribution in [1.82, 2.24) is 10.4 Å². The first kappa shape index (κ1) is 18.2. The van der Waals surface area contributed by atoms with Gasteiger partial charge in [-0.2, -0.15) is 0 Å². The first-order valence-electron chi connectivity index (χ1n) is 7.72. The number of benzene rings is 1. The molecule has 0 bridgehead atoms. The van der Waals surface area contributed by atoms with E-state index in [1.165, 1.54) is 12.3 Å². The summed E-state index contributed by atoms with van der Waals surface area (Å²) in [5, 5.41) is 11.5. The largest absolute Gasteiger partial charge is 0.467 e. The van der Waals surface area contributed by atoms with Gasteiger partial charge in [-0.05, 0) is 36.8 Å². The molecule has 130 valence electrons. The van der Waals surface area contributed by atoms with Crippen LogP contribution >= 0.6 is 0 Å². The molecule has 2 rings (SSSR count). The van der Waals surface area contributed by atoms with Crippen LogP contribution in [0.1, 0.15) is 28.6 Å². The highest BCUT2D eigenvalue weighted by molar-refractivity contribution is 5.96. The SMILES string of the molecule is C=CC[C@@H](O)[C@H](c1ccco1)N(NC(=O)c1ccccc1)C(=O)C=C. The number of hydrogen-bond donors (Lipinski definition) is 2. The Kier molecular flexibility index (Phi) is 6.31. The molecule has 0 fully saturated rings. The Labute approximate surface area is 146 Å². The molecule has 0 unspecified atom stereocenters. The molecule has 0 aliphatic carbocycles. The lowest BCUT2D eigenvalue weighted by Crippen LogP contribution is -2.50. The maximum absolute atomic E-state index is 12.5. The van der Waals surface area contributed by atoms with Crippen molar-refractivity contribution in [3.63, 3.8) is 0 Å². The molecule has 1 aromatic heterocycles. The van der Waals surface area contributed by atoms with Gasteiger partial charge in [0.1, 0.15) is 11.8 Å². The second-order valence-corrected chi connectivity index (χ2v) is 5.27. The van der Waals surface area contributed by atoms with Gasteiger partial charge in [0.25, 0.3) is 11.8 Å². The number of furan rings is 1. The van der Waals surface area contributed by atoms with Gasteiger partial charge >= 0.3 is 0 Å². The lowest BCUT2D eigenvalue weighted by Gasteiger charge is -2.32. The van der Waals surface area contributed by atoms with E-state index in [1.807, 2.05) is 0 Å². The summed E-state index contributed by atoms with van der Waals surface area (Å²) in [6.07, 6.45) is 3.19. The smallest absolute Gasteiger partial charge is 0.269 e. The molecule has 25 heavy (non-hydrogen) atoms. The van der Waals surface area contributed by atoms with Crippen LogP contribution in [-0.2, 0) is 4.79 Å². The monoisotopic (exact) mass is 340 g/mol. The number of amides is 2. The predicted molar refractivity (Wildman–Crippen MR) is 93.2 cm³/mol. The van der Waals surface area contributed by atoms with Crippen LogP contribution in [0.3, 0.4) is 0 Å². The van der Waals surface area contributed by atoms with E-state index in [9.17, 15) is 14.7 Å². The second kappa shape index (κ2) is 8.65. The van der Waals surface area contributed by atoms with Gasteiger partial charge in [-0.1, -0.05) is 30.9 Å². The predicted octanol–water partition coefficient (Wildman–Crippen LogP) is 2.62. The summed E-state index contributed by atoms with van der Waals surface area (Å²) >= 11 is 0. The fraction of sp³-hybridized carbons (Fsp3) is 0.158. The minimum absolute atomic E-state index is 0.202. The summed E-state index contributed by atoms with van der Waals surface area (Å²) in [7, 11) is 0. The van der Waals surface area contributed by atoms with E-state index in [2.05, 4.69) is 18.6 Å². The molecule has 0 spiro atoms. The molecule has 0 aliphatic heterocycles. The molecule has 0 radical (unpaired) electrons. The second-order valence-electron chi connectivity index (χ2n) is 5.27. The maximum Gasteiger partial charge on any atom is 0.269 e. The van der Waals surface area contributed by atoms with E-state index in [-0.39, 0.29) is 6.42 Å². The number of nitrogens with one attached hydrogen (secondary N) is 1. The highest BCUT2D eigenvalue weighted by Crippen LogP contribution is 2.26. The van der Waals surface area contributed by atoms with Gasteiger partial charge in [0.2, 0.25) is 0 Å². The average Bonchev–Trinajstić information content (AvgIpc) is 3.15. The molecule has 0 saturated carbocycles. The summed E-state index contributed by atoms with van der Waals surface area (Å²) < 4.78 is 5.35. The fourth-order valence-corrected chi connectivity index (χ4v) is 2.37. The molecule has 6 heteroatoms. The Balaban J connectivity index is 2.35. The van der Waals surface area contributed by atoms with Crippen LogP contribution in [-0.4, -0.2) is 28.0 Å². The van der Waals surface area contributed by atoms with Gasteiger partial charge in [-0.15, -0.1) is 6.58 Å². The summed E-state index contributed by atoms with van der Waals surface area (Å²) in [5.74, 6) is -0.732. The van der Waals surface area contributed by atoms with E-state index in [0.29, 0.717) is 11.3 Å². The fourth-order valence-electron chi connectivity index (χ4n) is 2.37. The number of aliphatic hydroxyl groups is 1. The van der Waals surface area contributed by atoms with Crippen molar-refractivity contribution in [2.75, 3.05) is 0 Å². The first-order chi connectivity index (χ1) is 12.1. The standard InChI is InChI=1S/C19H20N2O4/c1-3-9-15(22)18(16-12-8-13-25-16)21(17(23)4-2)20-19(24)14-10-6-5-7-11-14/h3-8,10-13,15,18,22H,1-2,9H2,(H,20,24)/t15-,18-/m1/s1. The van der Waals surface area contributed by atoms with Crippen LogP contribution in [0.15, 0.2) is 78.5 Å². The van der Waals surface area contributed by atoms with Gasteiger partial charge in [0.15, 0.2) is 0 Å². The highest BCUT2D eigenvalue weighted by atomic mass is 16.3. The molecule has 2 atom stereocenters. The van der Waals surface area contributed by atoms with Crippen LogP contribution in [0.4, 0.5) is 0 Å². The molecule has 1 heterocycles. The van der Waals surface area contributed by atoms with Crippen molar-refractivity contribution in [2.45, 2.75) is 18.6 Å². The zero-order valence-electron chi connectivity index (χ0n) is 13.7. The molecular weight excluding hydrogens is 320 g/mol. The number of carbonyl (C=O) groups excluding carboxylic acids is 2. The first-order valence-corrected chi connectivity index (χ1v) is 7.72. The molecule has 0 saturated heterocycles. The summed E-state index contributed by atoms with van der Waals surface area (Å²) in [4.78, 5) is 24.8. The van der Waals surface area contributed by atoms with E-state index < -0.39 is 24.0 Å². The van der Waals surface area contributed by atoms with Gasteiger partial charge in [-0.3, -0.25) is 15.0 Å². The molecular formula is C19H20N2O4. The zero-order valence-corrected chi connectivity index (χ0v) is 13.7. The molecule has 2 aromatic rings. The number of nitrogens with zero attached hydrogens (tertiary/aromatic N) is 1. The molecule has 6 nitrogen and oxygen atoms in total. The Bertz CT molecular complexity index is 725. The Morgan fingerprint density at radius 3 is 2.48 bits per heavy atom. The Morgan fingerprint density at radius 2 is 1.92 bits per heavy atom. The third kappa shape index (κ3) is 4.45. The van der Waals surface area contributed by atoms with Gasteiger partial charge in [-0.25, -0.2) is 5.01 Å². The van der Waals surface area contributed by atoms with Crippen molar-refractivity contribution in [3.05, 3.63) is 85.4 Å². The number of hydrogen-bond acceptors (Lipinski definition) is 4. The van der Waals surface area contributed by atoms with Crippen LogP contribution < -0.4 is 5.43 Å². The number of aliphatic hydroxyl groups excluding tert-OH is 1. The Hall–Kier alpha value is -3.12. The third-order valence-corrected chi connectivity index (χ3v) is 3.56. The van der Waals surface area contributed by atoms with Crippen molar-refractivity contribution >= 4 is 11.8 Å². The lowest BCUT2D eigenvalue weighted by atomic mass is 10.0. The van der Waals surface area contributed by atoms with Crippen LogP contribution in [0.2, 0.25) is 0 Å². The van der Waals surface area contributed by atoms with Crippen molar-refractivity contribution in [1.29, 1.82) is 0 Å². The molecule has 0 aliphatic rings. The van der Waals surface area contributed by atoms with Crippen LogP contribution in [0, 0.1) is 0 Å². The molecule has 2 N–H and O–H groups in total. The third-order valence-electron chi connectivity index (χ3n) is 3.56. The minimum atomic E-state index is -1.02. The number of carbonyl (C=O) groups is 2. The van der Waals surface area contributed by atoms with E-state index in [4.69, 9.17) is 4.42 Å². The van der Waals surface area contributed by atoms with Crippen molar-refractivity contribution < 1.29 is 19.1 Å². The van der Waals surface area contributed by atoms with Crippen LogP contribution in [0.5, 0.6) is 0 Å².